The lowest BCUT2D eigenvalue weighted by Gasteiger charge is -2.19. The smallest absolute Gasteiger partial charge is 0.128 e. The minimum Gasteiger partial charge on any atom is -0.392 e. The van der Waals surface area contributed by atoms with E-state index in [1.54, 1.807) is 6.20 Å². The molecule has 3 nitrogen and oxygen atoms in total. The first-order chi connectivity index (χ1) is 7.70. The van der Waals surface area contributed by atoms with Gasteiger partial charge in [-0.05, 0) is 29.9 Å². The monoisotopic (exact) mass is 220 g/mol. The van der Waals surface area contributed by atoms with Crippen LogP contribution < -0.4 is 4.90 Å². The highest BCUT2D eigenvalue weighted by atomic mass is 16.3. The molecule has 2 heterocycles. The van der Waals surface area contributed by atoms with Gasteiger partial charge in [-0.15, -0.1) is 0 Å². The molecule has 1 aliphatic rings. The second-order valence-corrected chi connectivity index (χ2v) is 4.92. The summed E-state index contributed by atoms with van der Waals surface area (Å²) in [5.74, 6) is 2.58. The molecule has 1 atom stereocenters. The van der Waals surface area contributed by atoms with E-state index in [0.29, 0.717) is 0 Å². The summed E-state index contributed by atoms with van der Waals surface area (Å²) in [5, 5.41) is 8.96. The third-order valence-corrected chi connectivity index (χ3v) is 3.48. The third kappa shape index (κ3) is 2.35. The van der Waals surface area contributed by atoms with Crippen molar-refractivity contribution in [1.82, 2.24) is 4.98 Å². The van der Waals surface area contributed by atoms with Crippen molar-refractivity contribution in [3.8, 4) is 0 Å². The Morgan fingerprint density at radius 1 is 1.50 bits per heavy atom. The molecule has 0 bridgehead atoms. The number of anilines is 1. The number of aliphatic hydroxyl groups is 1. The predicted molar refractivity (Wildman–Crippen MR) is 65.3 cm³/mol. The Kier molecular flexibility index (Phi) is 3.44. The fourth-order valence-corrected chi connectivity index (χ4v) is 2.24. The highest BCUT2D eigenvalue weighted by Crippen LogP contribution is 2.26. The summed E-state index contributed by atoms with van der Waals surface area (Å²) < 4.78 is 0. The van der Waals surface area contributed by atoms with Crippen LogP contribution in [0, 0.1) is 11.8 Å². The summed E-state index contributed by atoms with van der Waals surface area (Å²) in [6.45, 7) is 6.87. The molecule has 3 heteroatoms. The Balaban J connectivity index is 2.03. The molecule has 1 unspecified atom stereocenters. The molecule has 0 radical (unpaired) electrons. The van der Waals surface area contributed by atoms with Crippen LogP contribution in [-0.4, -0.2) is 23.2 Å². The molecule has 1 aliphatic heterocycles. The molecule has 1 fully saturated rings. The Bertz CT molecular complexity index is 334. The normalized spacial score (nSPS) is 20.8. The maximum absolute atomic E-state index is 8.96. The fraction of sp³-hybridized carbons (Fsp3) is 0.615. The minimum atomic E-state index is 0.0713. The van der Waals surface area contributed by atoms with Gasteiger partial charge in [0.2, 0.25) is 0 Å². The summed E-state index contributed by atoms with van der Waals surface area (Å²) in [6, 6.07) is 3.96. The van der Waals surface area contributed by atoms with Gasteiger partial charge in [-0.2, -0.15) is 0 Å². The van der Waals surface area contributed by atoms with Crippen LogP contribution in [0.3, 0.4) is 0 Å². The number of aliphatic hydroxyl groups excluding tert-OH is 1. The number of aromatic nitrogens is 1. The van der Waals surface area contributed by atoms with Crippen molar-refractivity contribution >= 4 is 5.82 Å². The molecule has 88 valence electrons. The van der Waals surface area contributed by atoms with Gasteiger partial charge in [0.1, 0.15) is 5.82 Å². The van der Waals surface area contributed by atoms with Crippen molar-refractivity contribution in [2.75, 3.05) is 18.0 Å². The molecule has 2 rings (SSSR count). The van der Waals surface area contributed by atoms with Gasteiger partial charge in [-0.3, -0.25) is 0 Å². The molecule has 1 N–H and O–H groups in total. The zero-order chi connectivity index (χ0) is 11.5. The molecule has 1 saturated heterocycles. The molecular formula is C13H20N2O. The lowest BCUT2D eigenvalue weighted by molar-refractivity contribution is 0.281. The van der Waals surface area contributed by atoms with Crippen LogP contribution in [-0.2, 0) is 6.61 Å². The van der Waals surface area contributed by atoms with Crippen molar-refractivity contribution in [3.63, 3.8) is 0 Å². The van der Waals surface area contributed by atoms with Crippen molar-refractivity contribution in [2.24, 2.45) is 11.8 Å². The van der Waals surface area contributed by atoms with Crippen LogP contribution in [0.4, 0.5) is 5.82 Å². The zero-order valence-electron chi connectivity index (χ0n) is 10.1. The van der Waals surface area contributed by atoms with Crippen molar-refractivity contribution < 1.29 is 5.11 Å². The molecular weight excluding hydrogens is 200 g/mol. The second kappa shape index (κ2) is 4.83. The Labute approximate surface area is 97.1 Å². The highest BCUT2D eigenvalue weighted by molar-refractivity contribution is 5.40. The van der Waals surface area contributed by atoms with Crippen LogP contribution in [0.5, 0.6) is 0 Å². The molecule has 0 aromatic carbocycles. The van der Waals surface area contributed by atoms with Crippen LogP contribution in [0.1, 0.15) is 25.8 Å². The van der Waals surface area contributed by atoms with Crippen LogP contribution in [0.15, 0.2) is 18.3 Å². The Morgan fingerprint density at radius 2 is 2.31 bits per heavy atom. The topological polar surface area (TPSA) is 36.4 Å². The van der Waals surface area contributed by atoms with E-state index in [2.05, 4.69) is 23.7 Å². The van der Waals surface area contributed by atoms with Gasteiger partial charge < -0.3 is 10.0 Å². The number of nitrogens with zero attached hydrogens (tertiary/aromatic N) is 2. The first-order valence-electron chi connectivity index (χ1n) is 6.01. The van der Waals surface area contributed by atoms with Gasteiger partial charge in [-0.1, -0.05) is 19.9 Å². The van der Waals surface area contributed by atoms with E-state index in [1.165, 1.54) is 6.42 Å². The third-order valence-electron chi connectivity index (χ3n) is 3.48. The SMILES string of the molecule is CC(C)C1CCN(c2ccc(CO)cn2)C1. The van der Waals surface area contributed by atoms with Gasteiger partial charge >= 0.3 is 0 Å². The lowest BCUT2D eigenvalue weighted by Crippen LogP contribution is -2.22. The van der Waals surface area contributed by atoms with Crippen molar-refractivity contribution in [1.29, 1.82) is 0 Å². The van der Waals surface area contributed by atoms with Gasteiger partial charge in [0.25, 0.3) is 0 Å². The van der Waals surface area contributed by atoms with E-state index in [9.17, 15) is 0 Å². The van der Waals surface area contributed by atoms with E-state index in [4.69, 9.17) is 5.11 Å². The molecule has 1 aromatic rings. The van der Waals surface area contributed by atoms with E-state index in [0.717, 1.165) is 36.3 Å². The summed E-state index contributed by atoms with van der Waals surface area (Å²) >= 11 is 0. The maximum atomic E-state index is 8.96. The first kappa shape index (κ1) is 11.4. The molecule has 16 heavy (non-hydrogen) atoms. The van der Waals surface area contributed by atoms with Gasteiger partial charge in [0.05, 0.1) is 6.61 Å². The van der Waals surface area contributed by atoms with E-state index < -0.39 is 0 Å². The standard InChI is InChI=1S/C13H20N2O/c1-10(2)12-5-6-15(8-12)13-4-3-11(9-16)7-14-13/h3-4,7,10,12,16H,5-6,8-9H2,1-2H3. The average Bonchev–Trinajstić information content (AvgIpc) is 2.78. The molecule has 0 spiro atoms. The van der Waals surface area contributed by atoms with E-state index in [1.807, 2.05) is 12.1 Å². The summed E-state index contributed by atoms with van der Waals surface area (Å²) in [4.78, 5) is 6.73. The Morgan fingerprint density at radius 3 is 2.81 bits per heavy atom. The van der Waals surface area contributed by atoms with E-state index in [-0.39, 0.29) is 6.61 Å². The average molecular weight is 220 g/mol. The lowest BCUT2D eigenvalue weighted by atomic mass is 9.95. The van der Waals surface area contributed by atoms with Crippen LogP contribution >= 0.6 is 0 Å². The first-order valence-corrected chi connectivity index (χ1v) is 6.01. The van der Waals surface area contributed by atoms with Crippen LogP contribution in [0.2, 0.25) is 0 Å². The summed E-state index contributed by atoms with van der Waals surface area (Å²) in [7, 11) is 0. The van der Waals surface area contributed by atoms with Crippen LogP contribution in [0.25, 0.3) is 0 Å². The summed E-state index contributed by atoms with van der Waals surface area (Å²) in [6.07, 6.45) is 3.03. The second-order valence-electron chi connectivity index (χ2n) is 4.92. The number of pyridine rings is 1. The maximum Gasteiger partial charge on any atom is 0.128 e. The molecule has 0 amide bonds. The number of hydrogen-bond acceptors (Lipinski definition) is 3. The zero-order valence-corrected chi connectivity index (χ0v) is 10.1. The quantitative estimate of drug-likeness (QED) is 0.847. The number of hydrogen-bond donors (Lipinski definition) is 1. The minimum absolute atomic E-state index is 0.0713. The molecule has 0 saturated carbocycles. The van der Waals surface area contributed by atoms with Gasteiger partial charge in [0, 0.05) is 19.3 Å². The Hall–Kier alpha value is -1.09. The van der Waals surface area contributed by atoms with Gasteiger partial charge in [-0.25, -0.2) is 4.98 Å². The number of rotatable bonds is 3. The van der Waals surface area contributed by atoms with Crippen molar-refractivity contribution in [2.45, 2.75) is 26.9 Å². The summed E-state index contributed by atoms with van der Waals surface area (Å²) in [5.41, 5.74) is 0.878. The largest absolute Gasteiger partial charge is 0.392 e. The molecule has 1 aromatic heterocycles. The van der Waals surface area contributed by atoms with Crippen molar-refractivity contribution in [3.05, 3.63) is 23.9 Å². The fourth-order valence-electron chi connectivity index (χ4n) is 2.24. The molecule has 0 aliphatic carbocycles. The highest BCUT2D eigenvalue weighted by Gasteiger charge is 2.25. The predicted octanol–water partition coefficient (Wildman–Crippen LogP) is 2.06. The van der Waals surface area contributed by atoms with Gasteiger partial charge in [0.15, 0.2) is 0 Å². The van der Waals surface area contributed by atoms with E-state index >= 15 is 0 Å².